The zero-order chi connectivity index (χ0) is 16.6. The van der Waals surface area contributed by atoms with Crippen molar-refractivity contribution in [2.75, 3.05) is 5.32 Å². The lowest BCUT2D eigenvalue weighted by atomic mass is 10.1. The molecule has 1 aliphatic carbocycles. The van der Waals surface area contributed by atoms with Crippen molar-refractivity contribution in [1.82, 2.24) is 9.97 Å². The van der Waals surface area contributed by atoms with Gasteiger partial charge in [0.2, 0.25) is 0 Å². The topological polar surface area (TPSA) is 37.8 Å². The molecule has 0 radical (unpaired) electrons. The van der Waals surface area contributed by atoms with Crippen LogP contribution in [0.4, 0.5) is 5.82 Å². The van der Waals surface area contributed by atoms with E-state index in [1.54, 1.807) is 17.7 Å². The molecule has 2 heterocycles. The summed E-state index contributed by atoms with van der Waals surface area (Å²) in [7, 11) is 0. The molecule has 0 spiro atoms. The Morgan fingerprint density at radius 2 is 1.60 bits per heavy atom. The quantitative estimate of drug-likeness (QED) is 0.573. The Morgan fingerprint density at radius 3 is 2.36 bits per heavy atom. The van der Waals surface area contributed by atoms with E-state index >= 15 is 0 Å². The second kappa shape index (κ2) is 5.97. The lowest BCUT2D eigenvalue weighted by molar-refractivity contribution is 0.770. The van der Waals surface area contributed by atoms with Gasteiger partial charge in [-0.1, -0.05) is 54.6 Å². The van der Waals surface area contributed by atoms with E-state index in [-0.39, 0.29) is 0 Å². The monoisotopic (exact) mass is 343 g/mol. The van der Waals surface area contributed by atoms with E-state index in [1.165, 1.54) is 22.3 Å². The molecule has 0 amide bonds. The van der Waals surface area contributed by atoms with Crippen molar-refractivity contribution in [3.63, 3.8) is 0 Å². The van der Waals surface area contributed by atoms with E-state index in [4.69, 9.17) is 0 Å². The maximum atomic E-state index is 4.58. The molecule has 0 saturated heterocycles. The van der Waals surface area contributed by atoms with Gasteiger partial charge in [-0.25, -0.2) is 9.97 Å². The van der Waals surface area contributed by atoms with Crippen LogP contribution in [0.25, 0.3) is 21.3 Å². The van der Waals surface area contributed by atoms with Crippen molar-refractivity contribution < 1.29 is 0 Å². The number of benzene rings is 2. The normalized spacial score (nSPS) is 13.9. The van der Waals surface area contributed by atoms with E-state index in [1.807, 2.05) is 6.07 Å². The van der Waals surface area contributed by atoms with Crippen LogP contribution in [0, 0.1) is 0 Å². The third-order valence-electron chi connectivity index (χ3n) is 4.85. The number of anilines is 1. The summed E-state index contributed by atoms with van der Waals surface area (Å²) >= 11 is 1.68. The van der Waals surface area contributed by atoms with E-state index in [9.17, 15) is 0 Å². The predicted molar refractivity (Wildman–Crippen MR) is 104 cm³/mol. The first-order chi connectivity index (χ1) is 12.4. The fraction of sp³-hybridized carbons (Fsp3) is 0.143. The molecule has 0 atom stereocenters. The van der Waals surface area contributed by atoms with Gasteiger partial charge in [0.15, 0.2) is 0 Å². The highest BCUT2D eigenvalue weighted by molar-refractivity contribution is 7.17. The highest BCUT2D eigenvalue weighted by Crippen LogP contribution is 2.37. The Balaban J connectivity index is 1.53. The Morgan fingerprint density at radius 1 is 0.880 bits per heavy atom. The molecule has 3 nitrogen and oxygen atoms in total. The molecule has 4 aromatic rings. The highest BCUT2D eigenvalue weighted by atomic mass is 32.1. The molecule has 1 aliphatic rings. The molecule has 0 aliphatic heterocycles. The van der Waals surface area contributed by atoms with Gasteiger partial charge in [0, 0.05) is 17.0 Å². The maximum Gasteiger partial charge on any atom is 0.139 e. The van der Waals surface area contributed by atoms with Gasteiger partial charge in [0.25, 0.3) is 0 Å². The van der Waals surface area contributed by atoms with Crippen LogP contribution < -0.4 is 5.32 Å². The second-order valence-corrected chi connectivity index (χ2v) is 7.29. The molecule has 25 heavy (non-hydrogen) atoms. The second-order valence-electron chi connectivity index (χ2n) is 6.44. The van der Waals surface area contributed by atoms with E-state index in [2.05, 4.69) is 69.2 Å². The number of thiophene rings is 1. The summed E-state index contributed by atoms with van der Waals surface area (Å²) in [6.45, 7) is 0. The Kier molecular flexibility index (Phi) is 3.49. The van der Waals surface area contributed by atoms with E-state index in [0.717, 1.165) is 28.9 Å². The zero-order valence-electron chi connectivity index (χ0n) is 13.6. The molecule has 122 valence electrons. The van der Waals surface area contributed by atoms with Crippen LogP contribution in [0.2, 0.25) is 0 Å². The Hall–Kier alpha value is -2.72. The van der Waals surface area contributed by atoms with Crippen LogP contribution >= 0.6 is 11.3 Å². The van der Waals surface area contributed by atoms with Crippen LogP contribution in [0.15, 0.2) is 66.3 Å². The van der Waals surface area contributed by atoms with Crippen molar-refractivity contribution in [3.05, 3.63) is 77.4 Å². The molecule has 0 saturated carbocycles. The maximum absolute atomic E-state index is 4.58. The van der Waals surface area contributed by atoms with Gasteiger partial charge in [-0.15, -0.1) is 11.3 Å². The number of aromatic nitrogens is 2. The van der Waals surface area contributed by atoms with Crippen molar-refractivity contribution in [3.8, 4) is 11.1 Å². The summed E-state index contributed by atoms with van der Waals surface area (Å²) < 4.78 is 0. The average molecular weight is 343 g/mol. The largest absolute Gasteiger partial charge is 0.366 e. The lowest BCUT2D eigenvalue weighted by Crippen LogP contribution is -2.20. The summed E-state index contributed by atoms with van der Waals surface area (Å²) in [6.07, 6.45) is 3.76. The molecular formula is C21H17N3S. The first-order valence-corrected chi connectivity index (χ1v) is 9.37. The number of hydrogen-bond donors (Lipinski definition) is 1. The fourth-order valence-electron chi connectivity index (χ4n) is 3.67. The number of nitrogens with zero attached hydrogens (tertiary/aromatic N) is 2. The van der Waals surface area contributed by atoms with Gasteiger partial charge in [-0.05, 0) is 29.5 Å². The number of hydrogen-bond acceptors (Lipinski definition) is 4. The van der Waals surface area contributed by atoms with Gasteiger partial charge in [-0.2, -0.15) is 0 Å². The third kappa shape index (κ3) is 2.59. The van der Waals surface area contributed by atoms with Crippen molar-refractivity contribution in [2.45, 2.75) is 18.9 Å². The van der Waals surface area contributed by atoms with Gasteiger partial charge in [0.1, 0.15) is 17.0 Å². The minimum Gasteiger partial charge on any atom is -0.366 e. The summed E-state index contributed by atoms with van der Waals surface area (Å²) in [5, 5.41) is 7.00. The van der Waals surface area contributed by atoms with Crippen molar-refractivity contribution in [2.24, 2.45) is 0 Å². The number of nitrogens with one attached hydrogen (secondary N) is 1. The van der Waals surface area contributed by atoms with Crippen LogP contribution in [0.3, 0.4) is 0 Å². The van der Waals surface area contributed by atoms with Gasteiger partial charge < -0.3 is 5.32 Å². The van der Waals surface area contributed by atoms with Crippen LogP contribution in [-0.2, 0) is 12.8 Å². The molecule has 0 fully saturated rings. The average Bonchev–Trinajstić information content (AvgIpc) is 3.26. The standard InChI is InChI=1S/C21H17N3S/c1-2-6-14(7-3-1)18-12-25-21-19(18)20(22-13-23-21)24-17-10-15-8-4-5-9-16(15)11-17/h1-9,12-13,17H,10-11H2,(H,22,23,24). The highest BCUT2D eigenvalue weighted by Gasteiger charge is 2.22. The van der Waals surface area contributed by atoms with Gasteiger partial charge in [0.05, 0.1) is 5.39 Å². The van der Waals surface area contributed by atoms with Crippen molar-refractivity contribution >= 4 is 27.4 Å². The molecule has 0 unspecified atom stereocenters. The molecule has 1 N–H and O–H groups in total. The van der Waals surface area contributed by atoms with Crippen molar-refractivity contribution in [1.29, 1.82) is 0 Å². The fourth-order valence-corrected chi connectivity index (χ4v) is 4.58. The summed E-state index contributed by atoms with van der Waals surface area (Å²) in [5.74, 6) is 0.947. The Labute approximate surface area is 150 Å². The smallest absolute Gasteiger partial charge is 0.139 e. The van der Waals surface area contributed by atoms with E-state index in [0.29, 0.717) is 6.04 Å². The predicted octanol–water partition coefficient (Wildman–Crippen LogP) is 4.94. The summed E-state index contributed by atoms with van der Waals surface area (Å²) in [6, 6.07) is 19.6. The lowest BCUT2D eigenvalue weighted by Gasteiger charge is -2.14. The van der Waals surface area contributed by atoms with E-state index < -0.39 is 0 Å². The van der Waals surface area contributed by atoms with Crippen LogP contribution in [0.1, 0.15) is 11.1 Å². The first kappa shape index (κ1) is 14.6. The molecule has 2 aromatic carbocycles. The minimum atomic E-state index is 0.388. The van der Waals surface area contributed by atoms with Crippen LogP contribution in [0.5, 0.6) is 0 Å². The van der Waals surface area contributed by atoms with Gasteiger partial charge in [-0.3, -0.25) is 0 Å². The first-order valence-electron chi connectivity index (χ1n) is 8.49. The number of rotatable bonds is 3. The Bertz CT molecular complexity index is 1010. The third-order valence-corrected chi connectivity index (χ3v) is 5.73. The minimum absolute atomic E-state index is 0.388. The molecule has 2 aromatic heterocycles. The molecular weight excluding hydrogens is 326 g/mol. The molecule has 0 bridgehead atoms. The molecule has 5 rings (SSSR count). The summed E-state index contributed by atoms with van der Waals surface area (Å²) in [5.41, 5.74) is 5.30. The SMILES string of the molecule is c1ccc(-c2csc3ncnc(NC4Cc5ccccc5C4)c23)cc1. The number of fused-ring (bicyclic) bond motifs is 2. The zero-order valence-corrected chi connectivity index (χ0v) is 14.5. The van der Waals surface area contributed by atoms with Crippen LogP contribution in [-0.4, -0.2) is 16.0 Å². The molecule has 4 heteroatoms. The van der Waals surface area contributed by atoms with Gasteiger partial charge >= 0.3 is 0 Å². The summed E-state index contributed by atoms with van der Waals surface area (Å²) in [4.78, 5) is 10.1.